The number of alkyl halides is 3. The van der Waals surface area contributed by atoms with Crippen molar-refractivity contribution in [1.82, 2.24) is 0 Å². The van der Waals surface area contributed by atoms with E-state index in [1.165, 1.54) is 30.3 Å². The van der Waals surface area contributed by atoms with E-state index in [1.807, 2.05) is 0 Å². The number of carbonyl (C=O) groups is 1. The summed E-state index contributed by atoms with van der Waals surface area (Å²) in [6, 6.07) is 8.45. The lowest BCUT2D eigenvalue weighted by molar-refractivity contribution is -0.274. The quantitative estimate of drug-likeness (QED) is 0.497. The van der Waals surface area contributed by atoms with Crippen LogP contribution in [0.15, 0.2) is 47.4 Å². The number of carbonyl (C=O) groups excluding carboxylic acids is 1. The molecule has 0 aromatic heterocycles. The first-order chi connectivity index (χ1) is 16.0. The molecule has 2 aromatic rings. The van der Waals surface area contributed by atoms with Gasteiger partial charge >= 0.3 is 6.36 Å². The van der Waals surface area contributed by atoms with Crippen molar-refractivity contribution < 1.29 is 41.0 Å². The van der Waals surface area contributed by atoms with Crippen molar-refractivity contribution in [2.75, 3.05) is 16.6 Å². The van der Waals surface area contributed by atoms with Crippen LogP contribution < -0.4 is 19.5 Å². The second kappa shape index (κ2) is 10.5. The molecule has 34 heavy (non-hydrogen) atoms. The Hall–Kier alpha value is -2.99. The Bertz CT molecular complexity index is 1120. The number of nitrogens with one attached hydrogen (secondary N) is 2. The van der Waals surface area contributed by atoms with E-state index in [2.05, 4.69) is 14.8 Å². The molecule has 12 heteroatoms. The average molecular weight is 503 g/mol. The molecule has 8 nitrogen and oxygen atoms in total. The maximum Gasteiger partial charge on any atom is 0.573 e. The Labute approximate surface area is 195 Å². The normalized spacial score (nSPS) is 18.7. The van der Waals surface area contributed by atoms with Gasteiger partial charge in [0.15, 0.2) is 0 Å². The van der Waals surface area contributed by atoms with Crippen molar-refractivity contribution in [2.45, 2.75) is 50.0 Å². The van der Waals surface area contributed by atoms with Gasteiger partial charge in [0.25, 0.3) is 10.0 Å². The highest BCUT2D eigenvalue weighted by molar-refractivity contribution is 7.92. The first-order valence-electron chi connectivity index (χ1n) is 10.6. The number of hydrogen-bond acceptors (Lipinski definition) is 6. The number of amides is 1. The molecule has 0 heterocycles. The molecule has 3 rings (SSSR count). The summed E-state index contributed by atoms with van der Waals surface area (Å²) >= 11 is 0. The van der Waals surface area contributed by atoms with Crippen molar-refractivity contribution in [3.63, 3.8) is 0 Å². The number of hydrogen-bond donors (Lipinski definition) is 3. The highest BCUT2D eigenvalue weighted by Crippen LogP contribution is 2.32. The highest BCUT2D eigenvalue weighted by Gasteiger charge is 2.31. The molecule has 0 atom stereocenters. The predicted octanol–water partition coefficient (Wildman–Crippen LogP) is 4.27. The Morgan fingerprint density at radius 3 is 2.44 bits per heavy atom. The number of aliphatic hydroxyl groups excluding tert-OH is 1. The number of sulfonamides is 1. The first kappa shape index (κ1) is 25.6. The van der Waals surface area contributed by atoms with E-state index < -0.39 is 28.2 Å². The van der Waals surface area contributed by atoms with E-state index in [4.69, 9.17) is 4.74 Å². The molecule has 2 aromatic carbocycles. The maximum atomic E-state index is 12.9. The second-order valence-electron chi connectivity index (χ2n) is 7.77. The molecule has 1 aliphatic rings. The standard InChI is InChI=1S/C22H25F3N2O6S/c1-2-32-19-13-15(26-21(29)14-6-9-17(28)10-7-14)8-11-20(19)34(30,31)27-16-4-3-5-18(12-16)33-22(23,24)25/h3-5,8,11-14,17,27-28H,2,6-7,9-10H2,1H3,(H,26,29). The molecule has 1 saturated carbocycles. The van der Waals surface area contributed by atoms with Gasteiger partial charge in [0.05, 0.1) is 18.4 Å². The molecular formula is C22H25F3N2O6S. The third-order valence-electron chi connectivity index (χ3n) is 5.19. The van der Waals surface area contributed by atoms with Crippen LogP contribution in [0.2, 0.25) is 0 Å². The average Bonchev–Trinajstić information content (AvgIpc) is 2.73. The molecule has 0 saturated heterocycles. The topological polar surface area (TPSA) is 114 Å². The number of ether oxygens (including phenoxy) is 2. The van der Waals surface area contributed by atoms with Crippen LogP contribution >= 0.6 is 0 Å². The maximum absolute atomic E-state index is 12.9. The van der Waals surface area contributed by atoms with Crippen molar-refractivity contribution >= 4 is 27.3 Å². The van der Waals surface area contributed by atoms with Crippen LogP contribution in [-0.4, -0.2) is 38.5 Å². The van der Waals surface area contributed by atoms with Crippen LogP contribution in [0.25, 0.3) is 0 Å². The summed E-state index contributed by atoms with van der Waals surface area (Å²) in [6.07, 6.45) is -3.12. The fourth-order valence-electron chi connectivity index (χ4n) is 3.63. The molecule has 186 valence electrons. The van der Waals surface area contributed by atoms with Gasteiger partial charge < -0.3 is 19.9 Å². The van der Waals surface area contributed by atoms with Gasteiger partial charge in [-0.15, -0.1) is 13.2 Å². The predicted molar refractivity (Wildman–Crippen MR) is 118 cm³/mol. The summed E-state index contributed by atoms with van der Waals surface area (Å²) in [5.74, 6) is -1.10. The zero-order chi connectivity index (χ0) is 24.9. The molecular weight excluding hydrogens is 477 g/mol. The van der Waals surface area contributed by atoms with Gasteiger partial charge in [-0.1, -0.05) is 6.07 Å². The van der Waals surface area contributed by atoms with Crippen molar-refractivity contribution in [3.8, 4) is 11.5 Å². The Balaban J connectivity index is 1.79. The summed E-state index contributed by atoms with van der Waals surface area (Å²) < 4.78 is 74.7. The lowest BCUT2D eigenvalue weighted by atomic mass is 9.87. The molecule has 0 unspecified atom stereocenters. The number of rotatable bonds is 8. The number of benzene rings is 2. The molecule has 1 aliphatic carbocycles. The van der Waals surface area contributed by atoms with E-state index in [9.17, 15) is 31.5 Å². The number of aliphatic hydroxyl groups is 1. The highest BCUT2D eigenvalue weighted by atomic mass is 32.2. The van der Waals surface area contributed by atoms with Crippen molar-refractivity contribution in [1.29, 1.82) is 0 Å². The summed E-state index contributed by atoms with van der Waals surface area (Å²) in [5.41, 5.74) is 0.195. The molecule has 1 fully saturated rings. The van der Waals surface area contributed by atoms with Gasteiger partial charge in [-0.25, -0.2) is 8.42 Å². The summed E-state index contributed by atoms with van der Waals surface area (Å²) in [6.45, 7) is 1.79. The van der Waals surface area contributed by atoms with Crippen LogP contribution in [0.4, 0.5) is 24.5 Å². The van der Waals surface area contributed by atoms with Gasteiger partial charge in [0, 0.05) is 23.7 Å². The molecule has 0 radical (unpaired) electrons. The minimum absolute atomic E-state index is 0.0328. The smallest absolute Gasteiger partial charge is 0.492 e. The number of halogens is 3. The second-order valence-corrected chi connectivity index (χ2v) is 9.42. The fourth-order valence-corrected chi connectivity index (χ4v) is 4.80. The molecule has 3 N–H and O–H groups in total. The SMILES string of the molecule is CCOc1cc(NC(=O)C2CCC(O)CC2)ccc1S(=O)(=O)Nc1cccc(OC(F)(F)F)c1. The Kier molecular flexibility index (Phi) is 7.93. The summed E-state index contributed by atoms with van der Waals surface area (Å²) in [7, 11) is -4.25. The van der Waals surface area contributed by atoms with Crippen LogP contribution in [0.1, 0.15) is 32.6 Å². The molecule has 0 bridgehead atoms. The largest absolute Gasteiger partial charge is 0.573 e. The number of anilines is 2. The first-order valence-corrected chi connectivity index (χ1v) is 12.1. The van der Waals surface area contributed by atoms with Gasteiger partial charge in [0.2, 0.25) is 5.91 Å². The van der Waals surface area contributed by atoms with Crippen LogP contribution in [0, 0.1) is 5.92 Å². The third-order valence-corrected chi connectivity index (χ3v) is 6.61. The minimum atomic E-state index is -4.92. The van der Waals surface area contributed by atoms with Crippen LogP contribution in [0.5, 0.6) is 11.5 Å². The lowest BCUT2D eigenvalue weighted by Crippen LogP contribution is -2.28. The van der Waals surface area contributed by atoms with Gasteiger partial charge in [0.1, 0.15) is 16.4 Å². The van der Waals surface area contributed by atoms with Gasteiger partial charge in [-0.3, -0.25) is 9.52 Å². The van der Waals surface area contributed by atoms with E-state index in [1.54, 1.807) is 6.92 Å². The summed E-state index contributed by atoms with van der Waals surface area (Å²) in [5, 5.41) is 12.3. The lowest BCUT2D eigenvalue weighted by Gasteiger charge is -2.24. The van der Waals surface area contributed by atoms with Gasteiger partial charge in [-0.05, 0) is 56.9 Å². The third kappa shape index (κ3) is 7.00. The zero-order valence-corrected chi connectivity index (χ0v) is 19.1. The van der Waals surface area contributed by atoms with E-state index in [0.717, 1.165) is 12.1 Å². The van der Waals surface area contributed by atoms with E-state index in [-0.39, 0.29) is 34.8 Å². The van der Waals surface area contributed by atoms with Gasteiger partial charge in [-0.2, -0.15) is 0 Å². The minimum Gasteiger partial charge on any atom is -0.492 e. The van der Waals surface area contributed by atoms with Crippen molar-refractivity contribution in [3.05, 3.63) is 42.5 Å². The van der Waals surface area contributed by atoms with E-state index in [0.29, 0.717) is 31.4 Å². The summed E-state index contributed by atoms with van der Waals surface area (Å²) in [4.78, 5) is 12.3. The zero-order valence-electron chi connectivity index (χ0n) is 18.3. The van der Waals surface area contributed by atoms with Crippen LogP contribution in [-0.2, 0) is 14.8 Å². The molecule has 1 amide bonds. The monoisotopic (exact) mass is 502 g/mol. The molecule has 0 spiro atoms. The Morgan fingerprint density at radius 2 is 1.79 bits per heavy atom. The van der Waals surface area contributed by atoms with Crippen molar-refractivity contribution in [2.24, 2.45) is 5.92 Å². The fraction of sp³-hybridized carbons (Fsp3) is 0.409. The van der Waals surface area contributed by atoms with E-state index >= 15 is 0 Å². The van der Waals surface area contributed by atoms with Crippen LogP contribution in [0.3, 0.4) is 0 Å². The molecule has 0 aliphatic heterocycles. The Morgan fingerprint density at radius 1 is 1.09 bits per heavy atom.